The number of carboxylic acid groups (broad SMARTS) is 1. The van der Waals surface area contributed by atoms with Gasteiger partial charge >= 0.3 is 5.97 Å². The van der Waals surface area contributed by atoms with Gasteiger partial charge in [0.05, 0.1) is 6.42 Å². The molecule has 102 valence electrons. The van der Waals surface area contributed by atoms with Crippen molar-refractivity contribution in [2.45, 2.75) is 38.6 Å². The molecule has 1 aliphatic heterocycles. The van der Waals surface area contributed by atoms with Crippen LogP contribution < -0.4 is 5.32 Å². The highest BCUT2D eigenvalue weighted by Crippen LogP contribution is 2.47. The van der Waals surface area contributed by atoms with Crippen LogP contribution in [0.3, 0.4) is 0 Å². The van der Waals surface area contributed by atoms with Gasteiger partial charge in [0, 0.05) is 25.2 Å². The topological polar surface area (TPSA) is 75.6 Å². The summed E-state index contributed by atoms with van der Waals surface area (Å²) in [5.74, 6) is 0.361. The smallest absolute Gasteiger partial charge is 0.305 e. The largest absolute Gasteiger partial charge is 0.481 e. The number of amides is 1. The predicted molar refractivity (Wildman–Crippen MR) is 65.0 cm³/mol. The van der Waals surface area contributed by atoms with E-state index < -0.39 is 5.97 Å². The zero-order chi connectivity index (χ0) is 13.1. The number of carboxylic acids is 1. The second-order valence-corrected chi connectivity index (χ2v) is 5.46. The van der Waals surface area contributed by atoms with Crippen molar-refractivity contribution >= 4 is 11.9 Å². The lowest BCUT2D eigenvalue weighted by Gasteiger charge is -2.22. The maximum Gasteiger partial charge on any atom is 0.305 e. The van der Waals surface area contributed by atoms with E-state index in [0.717, 1.165) is 32.5 Å². The molecule has 2 rings (SSSR count). The van der Waals surface area contributed by atoms with Crippen molar-refractivity contribution in [3.63, 3.8) is 0 Å². The van der Waals surface area contributed by atoms with Gasteiger partial charge in [0.2, 0.25) is 5.91 Å². The maximum atomic E-state index is 11.9. The van der Waals surface area contributed by atoms with E-state index in [1.807, 2.05) is 0 Å². The zero-order valence-electron chi connectivity index (χ0n) is 10.7. The first-order chi connectivity index (χ1) is 8.58. The van der Waals surface area contributed by atoms with Gasteiger partial charge in [-0.1, -0.05) is 0 Å². The van der Waals surface area contributed by atoms with Crippen LogP contribution in [0.5, 0.6) is 0 Å². The SMILES string of the molecule is CC(CC(=O)O)NC(=O)[C@@H]1C[C@H]1C1CCOCC1. The Kier molecular flexibility index (Phi) is 4.22. The summed E-state index contributed by atoms with van der Waals surface area (Å²) in [4.78, 5) is 22.4. The monoisotopic (exact) mass is 255 g/mol. The Balaban J connectivity index is 1.73. The molecule has 2 fully saturated rings. The zero-order valence-corrected chi connectivity index (χ0v) is 10.7. The van der Waals surface area contributed by atoms with Crippen LogP contribution >= 0.6 is 0 Å². The van der Waals surface area contributed by atoms with E-state index in [2.05, 4.69) is 5.32 Å². The molecule has 2 N–H and O–H groups in total. The molecule has 1 saturated heterocycles. The lowest BCUT2D eigenvalue weighted by atomic mass is 9.93. The highest BCUT2D eigenvalue weighted by molar-refractivity contribution is 5.82. The van der Waals surface area contributed by atoms with Crippen molar-refractivity contribution in [1.29, 1.82) is 0 Å². The Morgan fingerprint density at radius 2 is 2.06 bits per heavy atom. The number of aliphatic carboxylic acids is 1. The molecule has 0 aromatic rings. The lowest BCUT2D eigenvalue weighted by molar-refractivity contribution is -0.137. The van der Waals surface area contributed by atoms with E-state index in [1.165, 1.54) is 0 Å². The summed E-state index contributed by atoms with van der Waals surface area (Å²) in [5.41, 5.74) is 0. The van der Waals surface area contributed by atoms with Gasteiger partial charge in [0.1, 0.15) is 0 Å². The van der Waals surface area contributed by atoms with Crippen molar-refractivity contribution in [2.24, 2.45) is 17.8 Å². The number of rotatable bonds is 5. The molecular formula is C13H21NO4. The summed E-state index contributed by atoms with van der Waals surface area (Å²) < 4.78 is 5.32. The summed E-state index contributed by atoms with van der Waals surface area (Å²) in [7, 11) is 0. The van der Waals surface area contributed by atoms with E-state index in [9.17, 15) is 9.59 Å². The summed E-state index contributed by atoms with van der Waals surface area (Å²) in [6, 6.07) is -0.286. The third-order valence-electron chi connectivity index (χ3n) is 3.92. The molecule has 0 spiro atoms. The van der Waals surface area contributed by atoms with Gasteiger partial charge < -0.3 is 15.2 Å². The molecule has 0 aromatic heterocycles. The predicted octanol–water partition coefficient (Wildman–Crippen LogP) is 1.03. The number of carbonyl (C=O) groups excluding carboxylic acids is 1. The van der Waals surface area contributed by atoms with Crippen LogP contribution in [0.1, 0.15) is 32.6 Å². The third kappa shape index (κ3) is 3.45. The maximum absolute atomic E-state index is 11.9. The summed E-state index contributed by atoms with van der Waals surface area (Å²) in [6.45, 7) is 3.35. The minimum atomic E-state index is -0.875. The summed E-state index contributed by atoms with van der Waals surface area (Å²) in [6.07, 6.45) is 3.05. The molecule has 18 heavy (non-hydrogen) atoms. The molecule has 0 radical (unpaired) electrons. The van der Waals surface area contributed by atoms with Crippen molar-refractivity contribution in [3.05, 3.63) is 0 Å². The molecule has 3 atom stereocenters. The first-order valence-electron chi connectivity index (χ1n) is 6.68. The molecule has 1 aliphatic carbocycles. The Hall–Kier alpha value is -1.10. The number of hydrogen-bond donors (Lipinski definition) is 2. The van der Waals surface area contributed by atoms with Gasteiger partial charge in [-0.15, -0.1) is 0 Å². The van der Waals surface area contributed by atoms with Crippen LogP contribution in [0.25, 0.3) is 0 Å². The molecule has 1 amide bonds. The number of ether oxygens (including phenoxy) is 1. The van der Waals surface area contributed by atoms with Gasteiger partial charge in [-0.05, 0) is 38.0 Å². The van der Waals surface area contributed by atoms with E-state index >= 15 is 0 Å². The standard InChI is InChI=1S/C13H21NO4/c1-8(6-12(15)16)14-13(17)11-7-10(11)9-2-4-18-5-3-9/h8-11H,2-7H2,1H3,(H,14,17)(H,15,16)/t8?,10-,11+/m0/s1. The second-order valence-electron chi connectivity index (χ2n) is 5.46. The Labute approximate surface area is 107 Å². The van der Waals surface area contributed by atoms with Crippen LogP contribution in [0, 0.1) is 17.8 Å². The summed E-state index contributed by atoms with van der Waals surface area (Å²) in [5, 5.41) is 11.4. The van der Waals surface area contributed by atoms with E-state index in [1.54, 1.807) is 6.92 Å². The number of hydrogen-bond acceptors (Lipinski definition) is 3. The van der Waals surface area contributed by atoms with Gasteiger partial charge in [-0.2, -0.15) is 0 Å². The Bertz CT molecular complexity index is 325. The molecule has 2 aliphatic rings. The van der Waals surface area contributed by atoms with Gasteiger partial charge in [-0.3, -0.25) is 9.59 Å². The molecule has 1 heterocycles. The van der Waals surface area contributed by atoms with Crippen LogP contribution in [-0.2, 0) is 14.3 Å². The Morgan fingerprint density at radius 1 is 1.39 bits per heavy atom. The van der Waals surface area contributed by atoms with Crippen molar-refractivity contribution < 1.29 is 19.4 Å². The van der Waals surface area contributed by atoms with E-state index in [4.69, 9.17) is 9.84 Å². The molecule has 5 heteroatoms. The molecule has 1 saturated carbocycles. The molecule has 0 bridgehead atoms. The molecule has 1 unspecified atom stereocenters. The fraction of sp³-hybridized carbons (Fsp3) is 0.846. The minimum absolute atomic E-state index is 0.0135. The minimum Gasteiger partial charge on any atom is -0.481 e. The fourth-order valence-corrected chi connectivity index (χ4v) is 2.84. The van der Waals surface area contributed by atoms with Crippen molar-refractivity contribution in [1.82, 2.24) is 5.32 Å². The summed E-state index contributed by atoms with van der Waals surface area (Å²) >= 11 is 0. The molecular weight excluding hydrogens is 234 g/mol. The van der Waals surface area contributed by atoms with Gasteiger partial charge in [-0.25, -0.2) is 0 Å². The number of carbonyl (C=O) groups is 2. The average molecular weight is 255 g/mol. The van der Waals surface area contributed by atoms with Gasteiger partial charge in [0.25, 0.3) is 0 Å². The van der Waals surface area contributed by atoms with Crippen LogP contribution in [-0.4, -0.2) is 36.2 Å². The highest BCUT2D eigenvalue weighted by Gasteiger charge is 2.47. The average Bonchev–Trinajstić information content (AvgIpc) is 3.08. The van der Waals surface area contributed by atoms with Crippen LogP contribution in [0.2, 0.25) is 0 Å². The quantitative estimate of drug-likeness (QED) is 0.769. The normalized spacial score (nSPS) is 29.6. The third-order valence-corrected chi connectivity index (χ3v) is 3.92. The van der Waals surface area contributed by atoms with Crippen LogP contribution in [0.4, 0.5) is 0 Å². The van der Waals surface area contributed by atoms with Crippen molar-refractivity contribution in [2.75, 3.05) is 13.2 Å². The first-order valence-corrected chi connectivity index (χ1v) is 6.68. The fourth-order valence-electron chi connectivity index (χ4n) is 2.84. The molecule has 0 aromatic carbocycles. The van der Waals surface area contributed by atoms with E-state index in [-0.39, 0.29) is 24.3 Å². The van der Waals surface area contributed by atoms with Crippen molar-refractivity contribution in [3.8, 4) is 0 Å². The second kappa shape index (κ2) is 5.69. The molecule has 5 nitrogen and oxygen atoms in total. The first kappa shape index (κ1) is 13.3. The lowest BCUT2D eigenvalue weighted by Crippen LogP contribution is -2.36. The van der Waals surface area contributed by atoms with Crippen LogP contribution in [0.15, 0.2) is 0 Å². The van der Waals surface area contributed by atoms with E-state index in [0.29, 0.717) is 11.8 Å². The number of nitrogens with one attached hydrogen (secondary N) is 1. The van der Waals surface area contributed by atoms with Gasteiger partial charge in [0.15, 0.2) is 0 Å². The Morgan fingerprint density at radius 3 is 2.67 bits per heavy atom. The highest BCUT2D eigenvalue weighted by atomic mass is 16.5.